The van der Waals surface area contributed by atoms with Crippen LogP contribution in [0.4, 0.5) is 0 Å². The van der Waals surface area contributed by atoms with Crippen molar-refractivity contribution in [3.63, 3.8) is 0 Å². The number of hydrogen-bond donors (Lipinski definition) is 0. The van der Waals surface area contributed by atoms with E-state index in [4.69, 9.17) is 9.97 Å². The molecule has 0 aliphatic rings. The van der Waals surface area contributed by atoms with Crippen molar-refractivity contribution in [2.75, 3.05) is 0 Å². The molecule has 0 fully saturated rings. The fraction of sp³-hybridized carbons (Fsp3) is 0. The molecule has 0 radical (unpaired) electrons. The van der Waals surface area contributed by atoms with E-state index in [1.165, 1.54) is 32.6 Å². The van der Waals surface area contributed by atoms with Gasteiger partial charge in [-0.1, -0.05) is 109 Å². The molecule has 3 aromatic heterocycles. The summed E-state index contributed by atoms with van der Waals surface area (Å²) in [6.45, 7) is 0. The Morgan fingerprint density at radius 2 is 0.957 bits per heavy atom. The van der Waals surface area contributed by atoms with Gasteiger partial charge in [-0.05, 0) is 70.4 Å². The van der Waals surface area contributed by atoms with Crippen molar-refractivity contribution in [1.82, 2.24) is 19.5 Å². The van der Waals surface area contributed by atoms with Crippen LogP contribution in [0, 0.1) is 0 Å². The Hall–Kier alpha value is -6.39. The number of rotatable bonds is 5. The maximum atomic E-state index is 5.07. The minimum Gasteiger partial charge on any atom is -0.309 e. The van der Waals surface area contributed by atoms with Crippen LogP contribution in [0.15, 0.2) is 170 Å². The maximum absolute atomic E-state index is 5.07. The fourth-order valence-electron chi connectivity index (χ4n) is 6.55. The smallest absolute Gasteiger partial charge is 0.160 e. The predicted molar refractivity (Wildman–Crippen MR) is 193 cm³/mol. The number of nitrogens with zero attached hydrogens (tertiary/aromatic N) is 4. The second-order valence-corrected chi connectivity index (χ2v) is 11.8. The first kappa shape index (κ1) is 27.0. The quantitative estimate of drug-likeness (QED) is 0.197. The highest BCUT2D eigenvalue weighted by molar-refractivity contribution is 6.13. The zero-order valence-electron chi connectivity index (χ0n) is 25.5. The van der Waals surface area contributed by atoms with Gasteiger partial charge in [0.1, 0.15) is 0 Å². The Kier molecular flexibility index (Phi) is 6.43. The molecule has 6 aromatic carbocycles. The summed E-state index contributed by atoms with van der Waals surface area (Å²) in [5.41, 5.74) is 10.6. The minimum absolute atomic E-state index is 0.703. The van der Waals surface area contributed by atoms with Crippen LogP contribution in [-0.4, -0.2) is 19.5 Å². The van der Waals surface area contributed by atoms with E-state index in [2.05, 4.69) is 137 Å². The largest absolute Gasteiger partial charge is 0.309 e. The molecule has 0 aliphatic carbocycles. The molecule has 0 saturated carbocycles. The number of para-hydroxylation sites is 1. The van der Waals surface area contributed by atoms with E-state index in [0.29, 0.717) is 5.82 Å². The number of benzene rings is 6. The van der Waals surface area contributed by atoms with Crippen molar-refractivity contribution in [3.05, 3.63) is 170 Å². The van der Waals surface area contributed by atoms with Crippen molar-refractivity contribution < 1.29 is 0 Å². The van der Waals surface area contributed by atoms with Gasteiger partial charge in [0.25, 0.3) is 0 Å². The molecule has 0 aliphatic heterocycles. The molecule has 0 amide bonds. The molecule has 3 heterocycles. The van der Waals surface area contributed by atoms with Crippen molar-refractivity contribution in [3.8, 4) is 50.7 Å². The van der Waals surface area contributed by atoms with Crippen LogP contribution >= 0.6 is 0 Å². The van der Waals surface area contributed by atoms with Crippen LogP contribution in [0.1, 0.15) is 0 Å². The number of fused-ring (bicyclic) bond motifs is 4. The summed E-state index contributed by atoms with van der Waals surface area (Å²) in [6, 6.07) is 55.5. The summed E-state index contributed by atoms with van der Waals surface area (Å²) in [5.74, 6) is 0.703. The third kappa shape index (κ3) is 4.84. The first-order valence-electron chi connectivity index (χ1n) is 15.8. The van der Waals surface area contributed by atoms with Gasteiger partial charge in [0, 0.05) is 45.5 Å². The zero-order chi connectivity index (χ0) is 31.2. The highest BCUT2D eigenvalue weighted by Gasteiger charge is 2.15. The van der Waals surface area contributed by atoms with Gasteiger partial charge >= 0.3 is 0 Å². The molecule has 0 spiro atoms. The van der Waals surface area contributed by atoms with Crippen molar-refractivity contribution in [2.45, 2.75) is 0 Å². The van der Waals surface area contributed by atoms with E-state index < -0.39 is 0 Å². The van der Waals surface area contributed by atoms with Crippen LogP contribution in [-0.2, 0) is 0 Å². The van der Waals surface area contributed by atoms with E-state index in [9.17, 15) is 0 Å². The molecule has 0 saturated heterocycles. The van der Waals surface area contributed by atoms with Crippen LogP contribution in [0.25, 0.3) is 83.3 Å². The van der Waals surface area contributed by atoms with Gasteiger partial charge < -0.3 is 4.57 Å². The maximum Gasteiger partial charge on any atom is 0.160 e. The lowest BCUT2D eigenvalue weighted by molar-refractivity contribution is 1.17. The van der Waals surface area contributed by atoms with E-state index in [0.717, 1.165) is 44.9 Å². The van der Waals surface area contributed by atoms with E-state index in [1.54, 1.807) is 0 Å². The Balaban J connectivity index is 1.15. The number of hydrogen-bond acceptors (Lipinski definition) is 3. The number of pyridine rings is 1. The zero-order valence-corrected chi connectivity index (χ0v) is 25.5. The lowest BCUT2D eigenvalue weighted by atomic mass is 10.0. The fourth-order valence-corrected chi connectivity index (χ4v) is 6.55. The van der Waals surface area contributed by atoms with Gasteiger partial charge in [-0.2, -0.15) is 0 Å². The average molecular weight is 601 g/mol. The monoisotopic (exact) mass is 600 g/mol. The third-order valence-corrected chi connectivity index (χ3v) is 8.91. The van der Waals surface area contributed by atoms with E-state index in [-0.39, 0.29) is 0 Å². The SMILES string of the molecule is c1ccc(-c2nc(-c3ccc(-c4ccncc4)cc3)cc(-c3ccc(-n4c5ccccc5c5cc6ccccc6cc54)cc3)n2)cc1. The molecule has 220 valence electrons. The van der Waals surface area contributed by atoms with Gasteiger partial charge in [0.05, 0.1) is 22.4 Å². The molecule has 47 heavy (non-hydrogen) atoms. The molecule has 0 bridgehead atoms. The van der Waals surface area contributed by atoms with Crippen LogP contribution in [0.5, 0.6) is 0 Å². The first-order valence-corrected chi connectivity index (χ1v) is 15.8. The highest BCUT2D eigenvalue weighted by atomic mass is 15.0. The van der Waals surface area contributed by atoms with Crippen LogP contribution < -0.4 is 0 Å². The van der Waals surface area contributed by atoms with Gasteiger partial charge in [-0.15, -0.1) is 0 Å². The molecular formula is C43H28N4. The molecule has 0 atom stereocenters. The molecule has 4 heteroatoms. The summed E-state index contributed by atoms with van der Waals surface area (Å²) >= 11 is 0. The van der Waals surface area contributed by atoms with Crippen LogP contribution in [0.2, 0.25) is 0 Å². The second-order valence-electron chi connectivity index (χ2n) is 11.8. The summed E-state index contributed by atoms with van der Waals surface area (Å²) < 4.78 is 2.37. The summed E-state index contributed by atoms with van der Waals surface area (Å²) in [4.78, 5) is 14.2. The average Bonchev–Trinajstić information content (AvgIpc) is 3.47. The molecule has 4 nitrogen and oxygen atoms in total. The summed E-state index contributed by atoms with van der Waals surface area (Å²) in [7, 11) is 0. The highest BCUT2D eigenvalue weighted by Crippen LogP contribution is 2.36. The molecule has 9 aromatic rings. The standard InChI is InChI=1S/C43H28N4/c1-2-8-33(9-3-1)43-45-39(31-16-14-29(15-17-31)30-22-24-44-25-23-30)28-40(46-43)32-18-20-36(21-19-32)47-41-13-7-6-12-37(41)38-26-34-10-4-5-11-35(34)27-42(38)47/h1-28H. The van der Waals surface area contributed by atoms with Crippen molar-refractivity contribution in [1.29, 1.82) is 0 Å². The van der Waals surface area contributed by atoms with Gasteiger partial charge in [0.2, 0.25) is 0 Å². The number of aromatic nitrogens is 4. The van der Waals surface area contributed by atoms with E-state index in [1.807, 2.05) is 42.7 Å². The molecule has 0 N–H and O–H groups in total. The Morgan fingerprint density at radius 1 is 0.383 bits per heavy atom. The third-order valence-electron chi connectivity index (χ3n) is 8.91. The van der Waals surface area contributed by atoms with Crippen molar-refractivity contribution in [2.24, 2.45) is 0 Å². The lowest BCUT2D eigenvalue weighted by Gasteiger charge is -2.12. The molecular weight excluding hydrogens is 573 g/mol. The Bertz CT molecular complexity index is 2530. The molecule has 9 rings (SSSR count). The van der Waals surface area contributed by atoms with Gasteiger partial charge in [0.15, 0.2) is 5.82 Å². The Morgan fingerprint density at radius 3 is 1.68 bits per heavy atom. The van der Waals surface area contributed by atoms with Crippen molar-refractivity contribution >= 4 is 32.6 Å². The topological polar surface area (TPSA) is 43.6 Å². The first-order chi connectivity index (χ1) is 23.3. The van der Waals surface area contributed by atoms with Gasteiger partial charge in [-0.3, -0.25) is 4.98 Å². The minimum atomic E-state index is 0.703. The Labute approximate surface area is 272 Å². The van der Waals surface area contributed by atoms with Gasteiger partial charge in [-0.25, -0.2) is 9.97 Å². The second kappa shape index (κ2) is 11.2. The lowest BCUT2D eigenvalue weighted by Crippen LogP contribution is -1.97. The predicted octanol–water partition coefficient (Wildman–Crippen LogP) is 10.8. The normalized spacial score (nSPS) is 11.4. The summed E-state index contributed by atoms with van der Waals surface area (Å²) in [6.07, 6.45) is 3.64. The van der Waals surface area contributed by atoms with E-state index >= 15 is 0 Å². The van der Waals surface area contributed by atoms with Crippen LogP contribution in [0.3, 0.4) is 0 Å². The summed E-state index contributed by atoms with van der Waals surface area (Å²) in [5, 5.41) is 4.99. The molecule has 0 unspecified atom stereocenters.